The van der Waals surface area contributed by atoms with Crippen LogP contribution in [0.3, 0.4) is 0 Å². The van der Waals surface area contributed by atoms with Crippen LogP contribution in [0, 0.1) is 20.2 Å². The molecule has 9 heteroatoms. The lowest BCUT2D eigenvalue weighted by atomic mass is 10.1. The lowest BCUT2D eigenvalue weighted by Crippen LogP contribution is -2.35. The SMILES string of the molecule is CC1=C(C)[C@H]([N+](=O)[O-])S(=O)(=O)[C@H]1[N+](=O)[O-]. The van der Waals surface area contributed by atoms with Gasteiger partial charge in [-0.1, -0.05) is 0 Å². The molecule has 0 saturated carbocycles. The molecule has 1 rings (SSSR count). The third-order valence-electron chi connectivity index (χ3n) is 2.37. The average molecular weight is 236 g/mol. The van der Waals surface area contributed by atoms with E-state index in [1.54, 1.807) is 0 Å². The van der Waals surface area contributed by atoms with E-state index >= 15 is 0 Å². The van der Waals surface area contributed by atoms with Crippen molar-refractivity contribution < 1.29 is 18.3 Å². The minimum atomic E-state index is -4.40. The monoisotopic (exact) mass is 236 g/mol. The Hall–Kier alpha value is -1.51. The van der Waals surface area contributed by atoms with Gasteiger partial charge >= 0.3 is 10.7 Å². The van der Waals surface area contributed by atoms with Crippen molar-refractivity contribution in [2.45, 2.75) is 24.6 Å². The molecule has 1 heterocycles. The minimum absolute atomic E-state index is 0.0679. The zero-order valence-corrected chi connectivity index (χ0v) is 8.72. The molecule has 0 N–H and O–H groups in total. The fraction of sp³-hybridized carbons (Fsp3) is 0.667. The summed E-state index contributed by atoms with van der Waals surface area (Å²) in [5.74, 6) is 0. The van der Waals surface area contributed by atoms with Crippen molar-refractivity contribution in [2.24, 2.45) is 0 Å². The molecule has 0 saturated heterocycles. The minimum Gasteiger partial charge on any atom is -0.263 e. The van der Waals surface area contributed by atoms with Gasteiger partial charge in [-0.15, -0.1) is 0 Å². The van der Waals surface area contributed by atoms with Crippen LogP contribution in [0.15, 0.2) is 11.1 Å². The predicted octanol–water partition coefficient (Wildman–Crippen LogP) is -0.0432. The third-order valence-corrected chi connectivity index (χ3v) is 4.66. The van der Waals surface area contributed by atoms with E-state index in [1.807, 2.05) is 0 Å². The van der Waals surface area contributed by atoms with Crippen molar-refractivity contribution in [1.82, 2.24) is 0 Å². The number of sulfone groups is 1. The summed E-state index contributed by atoms with van der Waals surface area (Å²) in [7, 11) is -4.40. The normalized spacial score (nSPS) is 29.2. The molecule has 1 aliphatic heterocycles. The summed E-state index contributed by atoms with van der Waals surface area (Å²) in [5, 5.41) is 17.1. The Bertz CT molecular complexity index is 428. The Morgan fingerprint density at radius 1 is 1.00 bits per heavy atom. The number of hydrogen-bond acceptors (Lipinski definition) is 6. The van der Waals surface area contributed by atoms with Crippen molar-refractivity contribution >= 4 is 9.84 Å². The quantitative estimate of drug-likeness (QED) is 0.376. The molecule has 0 unspecified atom stereocenters. The van der Waals surface area contributed by atoms with E-state index in [1.165, 1.54) is 13.8 Å². The maximum absolute atomic E-state index is 11.5. The Morgan fingerprint density at radius 2 is 1.27 bits per heavy atom. The van der Waals surface area contributed by atoms with Crippen molar-refractivity contribution in [3.8, 4) is 0 Å². The number of nitrogens with zero attached hydrogens (tertiary/aromatic N) is 2. The van der Waals surface area contributed by atoms with E-state index in [2.05, 4.69) is 0 Å². The van der Waals surface area contributed by atoms with Gasteiger partial charge in [-0.3, -0.25) is 20.2 Å². The van der Waals surface area contributed by atoms with E-state index in [0.717, 1.165) is 0 Å². The number of hydrogen-bond donors (Lipinski definition) is 0. The Kier molecular flexibility index (Phi) is 2.51. The van der Waals surface area contributed by atoms with Gasteiger partial charge in [-0.2, -0.15) is 0 Å². The molecule has 0 spiro atoms. The highest BCUT2D eigenvalue weighted by molar-refractivity contribution is 7.92. The summed E-state index contributed by atoms with van der Waals surface area (Å²) in [5.41, 5.74) is -0.136. The van der Waals surface area contributed by atoms with Crippen LogP contribution in [-0.2, 0) is 9.84 Å². The van der Waals surface area contributed by atoms with Gasteiger partial charge < -0.3 is 0 Å². The van der Waals surface area contributed by atoms with Gasteiger partial charge in [0.05, 0.1) is 0 Å². The highest BCUT2D eigenvalue weighted by Gasteiger charge is 2.58. The molecule has 2 atom stereocenters. The summed E-state index contributed by atoms with van der Waals surface area (Å²) in [6.07, 6.45) is 0. The Morgan fingerprint density at radius 3 is 1.40 bits per heavy atom. The smallest absolute Gasteiger partial charge is 0.263 e. The Balaban J connectivity index is 3.42. The summed E-state index contributed by atoms with van der Waals surface area (Å²) >= 11 is 0. The number of rotatable bonds is 2. The van der Waals surface area contributed by atoms with Crippen molar-refractivity contribution in [3.05, 3.63) is 31.4 Å². The first kappa shape index (κ1) is 11.6. The molecule has 84 valence electrons. The standard InChI is InChI=1S/C6H8N2O6S/c1-3-4(2)6(8(11)12)15(13,14)5(3)7(9)10/h5-6H,1-2H3/t5-,6-/m1/s1. The van der Waals surface area contributed by atoms with E-state index < -0.39 is 30.4 Å². The van der Waals surface area contributed by atoms with Gasteiger partial charge in [0, 0.05) is 21.0 Å². The molecule has 0 aromatic heterocycles. The maximum atomic E-state index is 11.5. The van der Waals surface area contributed by atoms with Crippen LogP contribution in [-0.4, -0.2) is 29.0 Å². The first-order valence-electron chi connectivity index (χ1n) is 3.88. The first-order chi connectivity index (χ1) is 6.71. The summed E-state index contributed by atoms with van der Waals surface area (Å²) in [6, 6.07) is 0. The lowest BCUT2D eigenvalue weighted by Gasteiger charge is -2.03. The molecule has 0 radical (unpaired) electrons. The number of nitro groups is 2. The molecule has 0 aromatic carbocycles. The zero-order valence-electron chi connectivity index (χ0n) is 7.91. The second-order valence-corrected chi connectivity index (χ2v) is 5.30. The van der Waals surface area contributed by atoms with E-state index in [9.17, 15) is 28.6 Å². The zero-order chi connectivity index (χ0) is 12.0. The second-order valence-electron chi connectivity index (χ2n) is 3.23. The van der Waals surface area contributed by atoms with Crippen molar-refractivity contribution in [2.75, 3.05) is 0 Å². The largest absolute Gasteiger partial charge is 0.339 e. The highest BCUT2D eigenvalue weighted by Crippen LogP contribution is 2.33. The van der Waals surface area contributed by atoms with Crippen LogP contribution < -0.4 is 0 Å². The van der Waals surface area contributed by atoms with Crippen LogP contribution >= 0.6 is 0 Å². The molecule has 15 heavy (non-hydrogen) atoms. The topological polar surface area (TPSA) is 120 Å². The fourth-order valence-electron chi connectivity index (χ4n) is 1.56. The molecule has 8 nitrogen and oxygen atoms in total. The van der Waals surface area contributed by atoms with E-state index in [4.69, 9.17) is 0 Å². The van der Waals surface area contributed by atoms with Gasteiger partial charge in [-0.25, -0.2) is 8.42 Å². The summed E-state index contributed by atoms with van der Waals surface area (Å²) in [4.78, 5) is 19.0. The van der Waals surface area contributed by atoms with Gasteiger partial charge in [0.1, 0.15) is 0 Å². The Labute approximate surface area is 84.8 Å². The second kappa shape index (κ2) is 3.26. The molecule has 0 amide bonds. The van der Waals surface area contributed by atoms with Crippen molar-refractivity contribution in [3.63, 3.8) is 0 Å². The van der Waals surface area contributed by atoms with E-state index in [-0.39, 0.29) is 11.1 Å². The first-order valence-corrected chi connectivity index (χ1v) is 5.49. The van der Waals surface area contributed by atoms with Gasteiger partial charge in [-0.05, 0) is 13.8 Å². The van der Waals surface area contributed by atoms with Crippen LogP contribution in [0.2, 0.25) is 0 Å². The molecular weight excluding hydrogens is 228 g/mol. The average Bonchev–Trinajstić information content (AvgIpc) is 2.17. The van der Waals surface area contributed by atoms with Crippen LogP contribution in [0.4, 0.5) is 0 Å². The molecule has 0 aliphatic carbocycles. The fourth-order valence-corrected chi connectivity index (χ4v) is 3.64. The molecule has 0 aromatic rings. The molecule has 1 aliphatic rings. The maximum Gasteiger partial charge on any atom is 0.339 e. The van der Waals surface area contributed by atoms with Gasteiger partial charge in [0.15, 0.2) is 0 Å². The third kappa shape index (κ3) is 1.48. The van der Waals surface area contributed by atoms with Crippen LogP contribution in [0.1, 0.15) is 13.8 Å². The van der Waals surface area contributed by atoms with Crippen LogP contribution in [0.5, 0.6) is 0 Å². The van der Waals surface area contributed by atoms with Crippen LogP contribution in [0.25, 0.3) is 0 Å². The van der Waals surface area contributed by atoms with Crippen molar-refractivity contribution in [1.29, 1.82) is 0 Å². The van der Waals surface area contributed by atoms with Gasteiger partial charge in [0.2, 0.25) is 0 Å². The van der Waals surface area contributed by atoms with E-state index in [0.29, 0.717) is 0 Å². The van der Waals surface area contributed by atoms with Gasteiger partial charge in [0.25, 0.3) is 9.84 Å². The summed E-state index contributed by atoms with van der Waals surface area (Å²) in [6.45, 7) is 2.45. The highest BCUT2D eigenvalue weighted by atomic mass is 32.2. The predicted molar refractivity (Wildman–Crippen MR) is 48.9 cm³/mol. The molecular formula is C6H8N2O6S. The molecule has 0 bridgehead atoms. The summed E-state index contributed by atoms with van der Waals surface area (Å²) < 4.78 is 22.9. The lowest BCUT2D eigenvalue weighted by molar-refractivity contribution is -0.496. The molecule has 0 fully saturated rings.